The van der Waals surface area contributed by atoms with E-state index in [9.17, 15) is 0 Å². The Balaban J connectivity index is 1.33. The molecular formula is C46H34O. The summed E-state index contributed by atoms with van der Waals surface area (Å²) < 4.78 is 6.75. The first-order valence-electron chi connectivity index (χ1n) is 16.6. The van der Waals surface area contributed by atoms with Crippen molar-refractivity contribution in [3.05, 3.63) is 161 Å². The van der Waals surface area contributed by atoms with Gasteiger partial charge in [-0.3, -0.25) is 0 Å². The highest BCUT2D eigenvalue weighted by atomic mass is 16.3. The van der Waals surface area contributed by atoms with Crippen molar-refractivity contribution in [3.63, 3.8) is 0 Å². The van der Waals surface area contributed by atoms with Gasteiger partial charge in [-0.1, -0.05) is 133 Å². The third-order valence-corrected chi connectivity index (χ3v) is 10.2. The van der Waals surface area contributed by atoms with Crippen LogP contribution in [0.15, 0.2) is 150 Å². The monoisotopic (exact) mass is 602 g/mol. The van der Waals surface area contributed by atoms with Gasteiger partial charge in [0.1, 0.15) is 11.2 Å². The molecule has 0 bridgehead atoms. The lowest BCUT2D eigenvalue weighted by atomic mass is 9.82. The van der Waals surface area contributed by atoms with Crippen LogP contribution in [0.2, 0.25) is 0 Å². The molecule has 0 radical (unpaired) electrons. The van der Waals surface area contributed by atoms with Crippen LogP contribution in [0.25, 0.3) is 82.6 Å². The maximum Gasteiger partial charge on any atom is 0.143 e. The molecule has 1 heterocycles. The minimum Gasteiger partial charge on any atom is -0.455 e. The maximum atomic E-state index is 6.75. The smallest absolute Gasteiger partial charge is 0.143 e. The van der Waals surface area contributed by atoms with Crippen LogP contribution in [-0.4, -0.2) is 0 Å². The van der Waals surface area contributed by atoms with Gasteiger partial charge in [0.05, 0.1) is 0 Å². The highest BCUT2D eigenvalue weighted by Gasteiger charge is 2.23. The van der Waals surface area contributed by atoms with Gasteiger partial charge in [-0.05, 0) is 104 Å². The van der Waals surface area contributed by atoms with E-state index >= 15 is 0 Å². The molecule has 47 heavy (non-hydrogen) atoms. The van der Waals surface area contributed by atoms with Gasteiger partial charge in [-0.15, -0.1) is 0 Å². The quantitative estimate of drug-likeness (QED) is 0.183. The summed E-state index contributed by atoms with van der Waals surface area (Å²) in [6.45, 7) is 4.39. The Hall–Kier alpha value is -5.66. The summed E-state index contributed by atoms with van der Waals surface area (Å²) in [6.07, 6.45) is 8.96. The summed E-state index contributed by atoms with van der Waals surface area (Å²) in [5, 5.41) is 12.5. The molecule has 224 valence electrons. The lowest BCUT2D eigenvalue weighted by molar-refractivity contribution is 0.670. The highest BCUT2D eigenvalue weighted by molar-refractivity contribution is 6.27. The van der Waals surface area contributed by atoms with Gasteiger partial charge in [0.2, 0.25) is 0 Å². The Morgan fingerprint density at radius 2 is 1.19 bits per heavy atom. The fraction of sp³-hybridized carbons (Fsp3) is 0.0870. The number of allylic oxidation sites excluding steroid dienone is 4. The van der Waals surface area contributed by atoms with Crippen LogP contribution >= 0.6 is 0 Å². The first-order valence-corrected chi connectivity index (χ1v) is 16.6. The Kier molecular flexibility index (Phi) is 6.47. The molecule has 1 nitrogen and oxygen atoms in total. The van der Waals surface area contributed by atoms with Crippen LogP contribution in [-0.2, 0) is 0 Å². The second-order valence-corrected chi connectivity index (χ2v) is 12.7. The van der Waals surface area contributed by atoms with Crippen LogP contribution in [0.4, 0.5) is 0 Å². The van der Waals surface area contributed by atoms with Crippen LogP contribution in [0.3, 0.4) is 0 Å². The van der Waals surface area contributed by atoms with E-state index in [0.29, 0.717) is 0 Å². The summed E-state index contributed by atoms with van der Waals surface area (Å²) in [7, 11) is 0. The molecule has 7 aromatic carbocycles. The summed E-state index contributed by atoms with van der Waals surface area (Å²) in [5.74, 6) is 0. The number of hydrogen-bond acceptors (Lipinski definition) is 1. The molecule has 1 aliphatic rings. The minimum absolute atomic E-state index is 0.923. The molecule has 0 fully saturated rings. The summed E-state index contributed by atoms with van der Waals surface area (Å²) in [4.78, 5) is 0. The lowest BCUT2D eigenvalue weighted by Gasteiger charge is -2.22. The Bertz CT molecular complexity index is 2690. The Labute approximate surface area is 274 Å². The van der Waals surface area contributed by atoms with E-state index in [1.54, 1.807) is 0 Å². The molecule has 1 heteroatoms. The number of furan rings is 1. The van der Waals surface area contributed by atoms with Crippen LogP contribution in [0, 0.1) is 0 Å². The number of hydrogen-bond donors (Lipinski definition) is 0. The molecule has 0 unspecified atom stereocenters. The normalized spacial score (nSPS) is 14.7. The molecule has 1 aliphatic carbocycles. The second kappa shape index (κ2) is 11.0. The highest BCUT2D eigenvalue weighted by Crippen LogP contribution is 2.48. The Morgan fingerprint density at radius 3 is 1.87 bits per heavy atom. The van der Waals surface area contributed by atoms with E-state index in [2.05, 4.69) is 159 Å². The van der Waals surface area contributed by atoms with Crippen molar-refractivity contribution in [1.82, 2.24) is 0 Å². The fourth-order valence-corrected chi connectivity index (χ4v) is 7.95. The zero-order valence-electron chi connectivity index (χ0n) is 26.7. The zero-order valence-corrected chi connectivity index (χ0v) is 26.7. The minimum atomic E-state index is 0.923. The van der Waals surface area contributed by atoms with Crippen molar-refractivity contribution in [3.8, 4) is 11.1 Å². The van der Waals surface area contributed by atoms with E-state index < -0.39 is 0 Å². The van der Waals surface area contributed by atoms with Gasteiger partial charge in [-0.2, -0.15) is 0 Å². The van der Waals surface area contributed by atoms with Crippen molar-refractivity contribution < 1.29 is 4.42 Å². The molecule has 0 saturated heterocycles. The predicted octanol–water partition coefficient (Wildman–Crippen LogP) is 11.5. The van der Waals surface area contributed by atoms with Crippen molar-refractivity contribution in [1.29, 1.82) is 0 Å². The molecule has 0 aliphatic heterocycles. The average Bonchev–Trinajstić information content (AvgIpc) is 3.53. The van der Waals surface area contributed by atoms with Crippen molar-refractivity contribution in [2.24, 2.45) is 0 Å². The summed E-state index contributed by atoms with van der Waals surface area (Å²) >= 11 is 0. The summed E-state index contributed by atoms with van der Waals surface area (Å²) in [5.41, 5.74) is 9.77. The SMILES string of the molecule is C/C=c1/cccc/c1=C(/C)C1=CC=C(c2c3ccccc3c(-c3cc4ccccc4c4c3oc3ccccc34)c3ccccc23)CC1. The predicted molar refractivity (Wildman–Crippen MR) is 202 cm³/mol. The standard InChI is InChI=1S/C46H34O/c1-3-30-14-4-6-16-34(30)29(2)31-24-26-32(27-25-31)43-36-18-8-10-20-38(36)44(39-21-11-9-19-37(39)43)41-28-33-15-5-7-17-35(33)45-40-22-12-13-23-42(40)47-46(41)45/h3-24,26,28H,25,27H2,1-2H3/b30-3-,34-29+. The van der Waals surface area contributed by atoms with Crippen LogP contribution in [0.1, 0.15) is 32.3 Å². The van der Waals surface area contributed by atoms with E-state index in [0.717, 1.165) is 35.0 Å². The number of rotatable bonds is 3. The van der Waals surface area contributed by atoms with Gasteiger partial charge in [0.15, 0.2) is 0 Å². The molecule has 9 rings (SSSR count). The molecular weight excluding hydrogens is 569 g/mol. The third-order valence-electron chi connectivity index (χ3n) is 10.2. The van der Waals surface area contributed by atoms with E-state index in [1.807, 2.05) is 0 Å². The molecule has 0 saturated carbocycles. The fourth-order valence-electron chi connectivity index (χ4n) is 7.95. The second-order valence-electron chi connectivity index (χ2n) is 12.7. The molecule has 0 spiro atoms. The average molecular weight is 603 g/mol. The van der Waals surface area contributed by atoms with E-state index in [4.69, 9.17) is 4.42 Å². The van der Waals surface area contributed by atoms with Gasteiger partial charge >= 0.3 is 0 Å². The maximum absolute atomic E-state index is 6.75. The Morgan fingerprint density at radius 1 is 0.596 bits per heavy atom. The van der Waals surface area contributed by atoms with Gasteiger partial charge in [0.25, 0.3) is 0 Å². The van der Waals surface area contributed by atoms with Crippen LogP contribution < -0.4 is 10.4 Å². The lowest BCUT2D eigenvalue weighted by Crippen LogP contribution is -2.26. The first-order chi connectivity index (χ1) is 23.2. The van der Waals surface area contributed by atoms with E-state index in [-0.39, 0.29) is 0 Å². The van der Waals surface area contributed by atoms with Crippen molar-refractivity contribution in [2.45, 2.75) is 26.7 Å². The molecule has 0 amide bonds. The number of fused-ring (bicyclic) bond motifs is 7. The third kappa shape index (κ3) is 4.31. The molecule has 0 atom stereocenters. The van der Waals surface area contributed by atoms with Gasteiger partial charge in [-0.25, -0.2) is 0 Å². The first kappa shape index (κ1) is 27.6. The van der Waals surface area contributed by atoms with E-state index in [1.165, 1.54) is 76.0 Å². The molecule has 1 aromatic heterocycles. The molecule has 0 N–H and O–H groups in total. The number of para-hydroxylation sites is 1. The zero-order chi connectivity index (χ0) is 31.5. The van der Waals surface area contributed by atoms with Gasteiger partial charge in [0, 0.05) is 21.9 Å². The van der Waals surface area contributed by atoms with Crippen molar-refractivity contribution >= 4 is 71.5 Å². The molecule has 8 aromatic rings. The van der Waals surface area contributed by atoms with Crippen LogP contribution in [0.5, 0.6) is 0 Å². The summed E-state index contributed by atoms with van der Waals surface area (Å²) in [6, 6.07) is 46.1. The topological polar surface area (TPSA) is 13.1 Å². The number of benzene rings is 7. The van der Waals surface area contributed by atoms with Gasteiger partial charge < -0.3 is 4.42 Å². The van der Waals surface area contributed by atoms with Crippen molar-refractivity contribution in [2.75, 3.05) is 0 Å². The largest absolute Gasteiger partial charge is 0.455 e.